The van der Waals surface area contributed by atoms with E-state index in [0.29, 0.717) is 23.7 Å². The molecule has 0 aliphatic carbocycles. The van der Waals surface area contributed by atoms with Crippen molar-refractivity contribution in [3.63, 3.8) is 0 Å². The van der Waals surface area contributed by atoms with E-state index in [-0.39, 0.29) is 10.7 Å². The van der Waals surface area contributed by atoms with Crippen LogP contribution in [0.1, 0.15) is 39.7 Å². The van der Waals surface area contributed by atoms with Gasteiger partial charge in [0.1, 0.15) is 6.04 Å². The molecule has 1 atom stereocenters. The molecule has 0 fully saturated rings. The Labute approximate surface area is 166 Å². The molecule has 1 aromatic carbocycles. The third kappa shape index (κ3) is 7.00. The summed E-state index contributed by atoms with van der Waals surface area (Å²) in [7, 11) is -3.66. The predicted molar refractivity (Wildman–Crippen MR) is 113 cm³/mol. The van der Waals surface area contributed by atoms with E-state index < -0.39 is 16.1 Å². The molecule has 1 amide bonds. The van der Waals surface area contributed by atoms with E-state index in [2.05, 4.69) is 26.1 Å². The van der Waals surface area contributed by atoms with Gasteiger partial charge in [-0.15, -0.1) is 0 Å². The van der Waals surface area contributed by atoms with Gasteiger partial charge in [-0.25, -0.2) is 8.42 Å². The lowest BCUT2D eigenvalue weighted by Gasteiger charge is -2.31. The second kappa shape index (κ2) is 9.33. The van der Waals surface area contributed by atoms with Gasteiger partial charge in [0.2, 0.25) is 15.9 Å². The Morgan fingerprint density at radius 3 is 2.46 bits per heavy atom. The molecule has 0 aromatic heterocycles. The normalized spacial score (nSPS) is 13.3. The Morgan fingerprint density at radius 1 is 1.35 bits per heavy atom. The van der Waals surface area contributed by atoms with Crippen molar-refractivity contribution in [2.45, 2.75) is 51.8 Å². The lowest BCUT2D eigenvalue weighted by molar-refractivity contribution is -0.122. The molecule has 0 saturated carbocycles. The van der Waals surface area contributed by atoms with E-state index in [4.69, 9.17) is 11.6 Å². The first-order valence-electron chi connectivity index (χ1n) is 8.54. The number of sulfonamides is 1. The van der Waals surface area contributed by atoms with Gasteiger partial charge < -0.3 is 5.32 Å². The average Bonchev–Trinajstić information content (AvgIpc) is 2.49. The molecular weight excluding hydrogens is 392 g/mol. The summed E-state index contributed by atoms with van der Waals surface area (Å²) in [5.41, 5.74) is 1.18. The molecule has 0 heterocycles. The Balaban J connectivity index is 3.04. The minimum atomic E-state index is -3.66. The van der Waals surface area contributed by atoms with Crippen LogP contribution in [0.15, 0.2) is 18.2 Å². The Morgan fingerprint density at radius 2 is 1.96 bits per heavy atom. The van der Waals surface area contributed by atoms with E-state index in [0.717, 1.165) is 17.6 Å². The summed E-state index contributed by atoms with van der Waals surface area (Å²) in [5, 5.41) is 3.29. The van der Waals surface area contributed by atoms with Crippen LogP contribution in [0.25, 0.3) is 0 Å². The quantitative estimate of drug-likeness (QED) is 0.649. The van der Waals surface area contributed by atoms with Gasteiger partial charge in [-0.2, -0.15) is 11.8 Å². The number of aryl methyl sites for hydroxylation is 1. The zero-order valence-electron chi connectivity index (χ0n) is 16.3. The monoisotopic (exact) mass is 420 g/mol. The van der Waals surface area contributed by atoms with Crippen LogP contribution in [0.2, 0.25) is 5.02 Å². The van der Waals surface area contributed by atoms with Crippen LogP contribution in [0.3, 0.4) is 0 Å². The number of carbonyl (C=O) groups excluding carboxylic acids is 1. The number of thioether (sulfide) groups is 1. The molecule has 26 heavy (non-hydrogen) atoms. The largest absolute Gasteiger partial charge is 0.353 e. The van der Waals surface area contributed by atoms with E-state index >= 15 is 0 Å². The fraction of sp³-hybridized carbons (Fsp3) is 0.611. The highest BCUT2D eigenvalue weighted by Gasteiger charge is 2.32. The molecule has 1 rings (SSSR count). The fourth-order valence-electron chi connectivity index (χ4n) is 2.50. The van der Waals surface area contributed by atoms with Crippen molar-refractivity contribution in [2.24, 2.45) is 0 Å². The number of hydrogen-bond acceptors (Lipinski definition) is 4. The number of nitrogens with zero attached hydrogens (tertiary/aromatic N) is 1. The minimum Gasteiger partial charge on any atom is -0.353 e. The van der Waals surface area contributed by atoms with Gasteiger partial charge in [-0.1, -0.05) is 45.4 Å². The van der Waals surface area contributed by atoms with Crippen molar-refractivity contribution < 1.29 is 13.2 Å². The van der Waals surface area contributed by atoms with Gasteiger partial charge in [0.15, 0.2) is 0 Å². The minimum absolute atomic E-state index is 0.117. The summed E-state index contributed by atoms with van der Waals surface area (Å²) in [4.78, 5) is 12.7. The Hall–Kier alpha value is -0.920. The lowest BCUT2D eigenvalue weighted by atomic mass is 10.1. The summed E-state index contributed by atoms with van der Waals surface area (Å²) in [5.74, 6) is 0.465. The molecule has 8 heteroatoms. The number of benzene rings is 1. The van der Waals surface area contributed by atoms with Gasteiger partial charge in [0.25, 0.3) is 0 Å². The molecule has 0 bridgehead atoms. The Kier molecular flexibility index (Phi) is 8.30. The van der Waals surface area contributed by atoms with Crippen molar-refractivity contribution >= 4 is 45.0 Å². The highest BCUT2D eigenvalue weighted by atomic mass is 35.5. The Bertz CT molecular complexity index is 730. The van der Waals surface area contributed by atoms with Crippen molar-refractivity contribution in [3.8, 4) is 0 Å². The number of rotatable bonds is 8. The molecule has 0 aliphatic heterocycles. The van der Waals surface area contributed by atoms with Crippen LogP contribution in [0, 0.1) is 6.92 Å². The molecule has 0 radical (unpaired) electrons. The number of halogens is 1. The maximum Gasteiger partial charge on any atom is 0.243 e. The number of carbonyl (C=O) groups is 1. The molecule has 0 saturated heterocycles. The third-order valence-corrected chi connectivity index (χ3v) is 6.35. The van der Waals surface area contributed by atoms with Crippen molar-refractivity contribution in [1.29, 1.82) is 0 Å². The second-order valence-corrected chi connectivity index (χ2v) is 11.4. The molecule has 5 nitrogen and oxygen atoms in total. The van der Waals surface area contributed by atoms with Gasteiger partial charge in [-0.3, -0.25) is 9.10 Å². The second-order valence-electron chi connectivity index (χ2n) is 7.17. The van der Waals surface area contributed by atoms with Crippen LogP contribution >= 0.6 is 23.4 Å². The molecule has 0 spiro atoms. The highest BCUT2D eigenvalue weighted by molar-refractivity contribution is 8.00. The molecule has 0 aliphatic rings. The smallest absolute Gasteiger partial charge is 0.243 e. The molecule has 1 unspecified atom stereocenters. The fourth-order valence-corrected chi connectivity index (χ4v) is 4.75. The maximum atomic E-state index is 12.7. The van der Waals surface area contributed by atoms with Crippen molar-refractivity contribution in [2.75, 3.05) is 22.9 Å². The lowest BCUT2D eigenvalue weighted by Crippen LogP contribution is -2.50. The van der Waals surface area contributed by atoms with Gasteiger partial charge in [0.05, 0.1) is 11.9 Å². The van der Waals surface area contributed by atoms with Crippen LogP contribution < -0.4 is 9.62 Å². The summed E-state index contributed by atoms with van der Waals surface area (Å²) < 4.78 is 26.2. The van der Waals surface area contributed by atoms with Gasteiger partial charge >= 0.3 is 0 Å². The summed E-state index contributed by atoms with van der Waals surface area (Å²) >= 11 is 7.80. The van der Waals surface area contributed by atoms with E-state index in [1.165, 1.54) is 4.31 Å². The van der Waals surface area contributed by atoms with Crippen LogP contribution in [0.5, 0.6) is 0 Å². The van der Waals surface area contributed by atoms with Crippen LogP contribution in [-0.4, -0.2) is 43.7 Å². The molecule has 148 valence electrons. The van der Waals surface area contributed by atoms with Gasteiger partial charge in [-0.05, 0) is 31.0 Å². The average molecular weight is 421 g/mol. The van der Waals surface area contributed by atoms with E-state index in [1.807, 2.05) is 0 Å². The summed E-state index contributed by atoms with van der Waals surface area (Å²) in [6.07, 6.45) is 1.47. The molecule has 1 N–H and O–H groups in total. The summed E-state index contributed by atoms with van der Waals surface area (Å²) in [6.45, 7) is 10.4. The first kappa shape index (κ1) is 23.1. The first-order valence-corrected chi connectivity index (χ1v) is 11.7. The predicted octanol–water partition coefficient (Wildman–Crippen LogP) is 3.84. The SMILES string of the molecule is CCC(C(=O)NCCSC(C)(C)C)N(c1cc(Cl)ccc1C)S(C)(=O)=O. The molecule has 1 aromatic rings. The summed E-state index contributed by atoms with van der Waals surface area (Å²) in [6, 6.07) is 4.22. The first-order chi connectivity index (χ1) is 11.9. The van der Waals surface area contributed by atoms with E-state index in [1.54, 1.807) is 43.8 Å². The number of anilines is 1. The van der Waals surface area contributed by atoms with Crippen LogP contribution in [-0.2, 0) is 14.8 Å². The highest BCUT2D eigenvalue weighted by Crippen LogP contribution is 2.29. The zero-order valence-corrected chi connectivity index (χ0v) is 18.7. The van der Waals surface area contributed by atoms with Crippen molar-refractivity contribution in [3.05, 3.63) is 28.8 Å². The van der Waals surface area contributed by atoms with E-state index in [9.17, 15) is 13.2 Å². The van der Waals surface area contributed by atoms with Crippen LogP contribution in [0.4, 0.5) is 5.69 Å². The zero-order chi connectivity index (χ0) is 20.1. The third-order valence-electron chi connectivity index (χ3n) is 3.67. The van der Waals surface area contributed by atoms with Crippen molar-refractivity contribution in [1.82, 2.24) is 5.32 Å². The standard InChI is InChI=1S/C18H29ClN2O3S2/c1-7-15(17(22)20-10-11-25-18(3,4)5)21(26(6,23)24)16-12-14(19)9-8-13(16)2/h8-9,12,15H,7,10-11H2,1-6H3,(H,20,22). The number of hydrogen-bond donors (Lipinski definition) is 1. The molecular formula is C18H29ClN2O3S2. The number of amides is 1. The maximum absolute atomic E-state index is 12.7. The topological polar surface area (TPSA) is 66.5 Å². The van der Waals surface area contributed by atoms with Gasteiger partial charge in [0, 0.05) is 22.1 Å². The number of nitrogens with one attached hydrogen (secondary N) is 1.